The Kier molecular flexibility index (Phi) is 6.23. The summed E-state index contributed by atoms with van der Waals surface area (Å²) in [7, 11) is 4.59. The fraction of sp³-hybridized carbons (Fsp3) is 0.320. The lowest BCUT2D eigenvalue weighted by atomic mass is 10.0. The minimum Gasteiger partial charge on any atom is -0.381 e. The van der Waals surface area contributed by atoms with Gasteiger partial charge in [-0.25, -0.2) is 0 Å². The second kappa shape index (κ2) is 8.88. The molecule has 1 aliphatic heterocycles. The summed E-state index contributed by atoms with van der Waals surface area (Å²) < 4.78 is 7.48. The van der Waals surface area contributed by atoms with Crippen molar-refractivity contribution < 1.29 is 14.0 Å². The van der Waals surface area contributed by atoms with E-state index in [4.69, 9.17) is 4.74 Å². The zero-order chi connectivity index (χ0) is 21.1. The Hall–Kier alpha value is -2.21. The number of benzene rings is 3. The number of fused-ring (bicyclic) bond motifs is 1. The van der Waals surface area contributed by atoms with Crippen LogP contribution in [0.25, 0.3) is 10.8 Å². The number of halogens is 1. The summed E-state index contributed by atoms with van der Waals surface area (Å²) in [4.78, 5) is 12.7. The topological polar surface area (TPSA) is 38.3 Å². The molecule has 1 fully saturated rings. The van der Waals surface area contributed by atoms with Gasteiger partial charge in [-0.05, 0) is 47.2 Å². The highest BCUT2D eigenvalue weighted by Gasteiger charge is 2.30. The summed E-state index contributed by atoms with van der Waals surface area (Å²) in [5.41, 5.74) is 2.75. The van der Waals surface area contributed by atoms with Crippen molar-refractivity contribution in [1.82, 2.24) is 0 Å². The van der Waals surface area contributed by atoms with Crippen LogP contribution in [0.2, 0.25) is 0 Å². The number of hydrogen-bond donors (Lipinski definition) is 1. The molecular formula is C25H28BrN2O2+. The van der Waals surface area contributed by atoms with Gasteiger partial charge in [0.15, 0.2) is 0 Å². The molecule has 0 saturated carbocycles. The SMILES string of the molecule is C[N+](C)(Cc1ccc(NC(=O)c2ccc3ccc(Br)cc3c2)cc1)C1CCOCC1. The van der Waals surface area contributed by atoms with Gasteiger partial charge in [0.25, 0.3) is 5.91 Å². The second-order valence-corrected chi connectivity index (χ2v) is 9.55. The summed E-state index contributed by atoms with van der Waals surface area (Å²) in [6.45, 7) is 2.70. The maximum absolute atomic E-state index is 12.7. The molecule has 30 heavy (non-hydrogen) atoms. The van der Waals surface area contributed by atoms with E-state index in [0.717, 1.165) is 58.0 Å². The first kappa shape index (κ1) is 21.0. The third-order valence-corrected chi connectivity index (χ3v) is 6.54. The minimum atomic E-state index is -0.0945. The Bertz CT molecular complexity index is 1040. The molecule has 1 saturated heterocycles. The van der Waals surface area contributed by atoms with Gasteiger partial charge >= 0.3 is 0 Å². The molecule has 1 amide bonds. The highest BCUT2D eigenvalue weighted by molar-refractivity contribution is 9.10. The van der Waals surface area contributed by atoms with Gasteiger partial charge < -0.3 is 14.5 Å². The van der Waals surface area contributed by atoms with E-state index >= 15 is 0 Å². The van der Waals surface area contributed by atoms with Gasteiger partial charge in [0, 0.05) is 34.1 Å². The van der Waals surface area contributed by atoms with E-state index in [9.17, 15) is 4.79 Å². The number of nitrogens with zero attached hydrogens (tertiary/aromatic N) is 1. The highest BCUT2D eigenvalue weighted by atomic mass is 79.9. The molecule has 0 radical (unpaired) electrons. The van der Waals surface area contributed by atoms with Gasteiger partial charge in [-0.1, -0.05) is 40.2 Å². The van der Waals surface area contributed by atoms with Crippen LogP contribution in [0, 0.1) is 0 Å². The monoisotopic (exact) mass is 467 g/mol. The van der Waals surface area contributed by atoms with Crippen LogP contribution in [0.4, 0.5) is 5.69 Å². The third-order valence-electron chi connectivity index (χ3n) is 6.05. The van der Waals surface area contributed by atoms with Gasteiger partial charge in [-0.3, -0.25) is 4.79 Å². The number of ether oxygens (including phenoxy) is 1. The molecule has 1 aliphatic rings. The molecule has 5 heteroatoms. The number of carbonyl (C=O) groups excluding carboxylic acids is 1. The molecule has 4 rings (SSSR count). The second-order valence-electron chi connectivity index (χ2n) is 8.64. The van der Waals surface area contributed by atoms with E-state index in [1.165, 1.54) is 5.56 Å². The van der Waals surface area contributed by atoms with Crippen molar-refractivity contribution in [3.05, 3.63) is 76.3 Å². The first-order valence-electron chi connectivity index (χ1n) is 10.4. The maximum atomic E-state index is 12.7. The first-order valence-corrected chi connectivity index (χ1v) is 11.2. The van der Waals surface area contributed by atoms with E-state index in [-0.39, 0.29) is 5.91 Å². The fourth-order valence-corrected chi connectivity index (χ4v) is 4.62. The minimum absolute atomic E-state index is 0.0945. The summed E-state index contributed by atoms with van der Waals surface area (Å²) in [6, 6.07) is 20.7. The van der Waals surface area contributed by atoms with Crippen molar-refractivity contribution in [2.24, 2.45) is 0 Å². The van der Waals surface area contributed by atoms with Gasteiger partial charge in [0.05, 0.1) is 33.4 Å². The van der Waals surface area contributed by atoms with Crippen molar-refractivity contribution in [3.8, 4) is 0 Å². The van der Waals surface area contributed by atoms with Crippen molar-refractivity contribution in [2.45, 2.75) is 25.4 Å². The average molecular weight is 468 g/mol. The summed E-state index contributed by atoms with van der Waals surface area (Å²) in [5, 5.41) is 5.18. The number of hydrogen-bond acceptors (Lipinski definition) is 2. The molecule has 0 aliphatic carbocycles. The number of anilines is 1. The molecule has 0 spiro atoms. The Morgan fingerprint density at radius 1 is 1.00 bits per heavy atom. The Morgan fingerprint density at radius 3 is 2.43 bits per heavy atom. The number of rotatable bonds is 5. The molecule has 0 bridgehead atoms. The zero-order valence-electron chi connectivity index (χ0n) is 17.5. The summed E-state index contributed by atoms with van der Waals surface area (Å²) in [5.74, 6) is -0.0945. The lowest BCUT2D eigenvalue weighted by Gasteiger charge is -2.40. The standard InChI is InChI=1S/C25H27BrN2O2/c1-28(2,24-11-13-30-14-12-24)17-18-3-9-23(10-4-18)27-25(29)20-6-5-19-7-8-22(26)16-21(19)15-20/h3-10,15-16,24H,11-14,17H2,1-2H3/p+1. The Morgan fingerprint density at radius 2 is 1.70 bits per heavy atom. The van der Waals surface area contributed by atoms with Crippen LogP contribution in [0.1, 0.15) is 28.8 Å². The predicted octanol–water partition coefficient (Wildman–Crippen LogP) is 5.61. The van der Waals surface area contributed by atoms with Gasteiger partial charge in [-0.15, -0.1) is 0 Å². The zero-order valence-corrected chi connectivity index (χ0v) is 19.1. The van der Waals surface area contributed by atoms with Crippen LogP contribution in [-0.4, -0.2) is 43.7 Å². The van der Waals surface area contributed by atoms with Crippen LogP contribution >= 0.6 is 15.9 Å². The van der Waals surface area contributed by atoms with Crippen molar-refractivity contribution >= 4 is 38.3 Å². The number of nitrogens with one attached hydrogen (secondary N) is 1. The quantitative estimate of drug-likeness (QED) is 0.495. The van der Waals surface area contributed by atoms with E-state index in [1.807, 2.05) is 48.5 Å². The summed E-state index contributed by atoms with van der Waals surface area (Å²) >= 11 is 3.49. The lowest BCUT2D eigenvalue weighted by Crippen LogP contribution is -2.50. The Balaban J connectivity index is 1.42. The van der Waals surface area contributed by atoms with Crippen LogP contribution < -0.4 is 5.32 Å². The van der Waals surface area contributed by atoms with Gasteiger partial charge in [-0.2, -0.15) is 0 Å². The molecule has 156 valence electrons. The third kappa shape index (κ3) is 4.91. The molecule has 0 atom stereocenters. The normalized spacial score (nSPS) is 15.3. The van der Waals surface area contributed by atoms with Crippen molar-refractivity contribution in [2.75, 3.05) is 32.6 Å². The van der Waals surface area contributed by atoms with Crippen molar-refractivity contribution in [1.29, 1.82) is 0 Å². The molecule has 1 N–H and O–H groups in total. The smallest absolute Gasteiger partial charge is 0.255 e. The highest BCUT2D eigenvalue weighted by Crippen LogP contribution is 2.24. The van der Waals surface area contributed by atoms with E-state index in [1.54, 1.807) is 0 Å². The van der Waals surface area contributed by atoms with E-state index < -0.39 is 0 Å². The summed E-state index contributed by atoms with van der Waals surface area (Å²) in [6.07, 6.45) is 2.23. The number of amides is 1. The van der Waals surface area contributed by atoms with Gasteiger partial charge in [0.1, 0.15) is 6.54 Å². The van der Waals surface area contributed by atoms with E-state index in [0.29, 0.717) is 11.6 Å². The van der Waals surface area contributed by atoms with Crippen LogP contribution in [0.3, 0.4) is 0 Å². The van der Waals surface area contributed by atoms with Crippen LogP contribution in [-0.2, 0) is 11.3 Å². The van der Waals surface area contributed by atoms with E-state index in [2.05, 4.69) is 47.5 Å². The van der Waals surface area contributed by atoms with Crippen LogP contribution in [0.5, 0.6) is 0 Å². The first-order chi connectivity index (χ1) is 14.4. The predicted molar refractivity (Wildman–Crippen MR) is 126 cm³/mol. The Labute approximate surface area is 186 Å². The molecule has 3 aromatic rings. The number of quaternary nitrogens is 1. The van der Waals surface area contributed by atoms with Gasteiger partial charge in [0.2, 0.25) is 0 Å². The van der Waals surface area contributed by atoms with Crippen LogP contribution in [0.15, 0.2) is 65.1 Å². The maximum Gasteiger partial charge on any atom is 0.255 e. The molecule has 0 unspecified atom stereocenters. The molecule has 1 heterocycles. The molecular weight excluding hydrogens is 440 g/mol. The largest absolute Gasteiger partial charge is 0.381 e. The number of carbonyl (C=O) groups is 1. The molecule has 4 nitrogen and oxygen atoms in total. The molecule has 0 aromatic heterocycles. The fourth-order valence-electron chi connectivity index (χ4n) is 4.24. The lowest BCUT2D eigenvalue weighted by molar-refractivity contribution is -0.929. The molecule has 3 aromatic carbocycles. The average Bonchev–Trinajstić information content (AvgIpc) is 2.75. The van der Waals surface area contributed by atoms with Crippen molar-refractivity contribution in [3.63, 3.8) is 0 Å².